The molecule has 3 heterocycles. The predicted molar refractivity (Wildman–Crippen MR) is 108 cm³/mol. The first-order chi connectivity index (χ1) is 13.7. The number of hydrogen-bond donors (Lipinski definition) is 2. The largest absolute Gasteiger partial charge is 0.487 e. The zero-order valence-electron chi connectivity index (χ0n) is 15.8. The molecule has 28 heavy (non-hydrogen) atoms. The lowest BCUT2D eigenvalue weighted by Crippen LogP contribution is -2.36. The van der Waals surface area contributed by atoms with Crippen molar-refractivity contribution in [2.75, 3.05) is 25.0 Å². The first-order valence-corrected chi connectivity index (χ1v) is 9.96. The zero-order valence-corrected chi connectivity index (χ0v) is 15.8. The minimum Gasteiger partial charge on any atom is -0.487 e. The van der Waals surface area contributed by atoms with Gasteiger partial charge in [-0.2, -0.15) is 0 Å². The van der Waals surface area contributed by atoms with E-state index in [0.29, 0.717) is 23.9 Å². The summed E-state index contributed by atoms with van der Waals surface area (Å²) in [6, 6.07) is 14.2. The second kappa shape index (κ2) is 7.08. The van der Waals surface area contributed by atoms with E-state index in [0.717, 1.165) is 54.9 Å². The Morgan fingerprint density at radius 2 is 2.07 bits per heavy atom. The molecule has 1 fully saturated rings. The molecule has 5 rings (SSSR count). The van der Waals surface area contributed by atoms with Crippen molar-refractivity contribution in [2.45, 2.75) is 26.0 Å². The van der Waals surface area contributed by atoms with E-state index >= 15 is 0 Å². The van der Waals surface area contributed by atoms with Crippen LogP contribution in [0.4, 0.5) is 5.69 Å². The Labute approximate surface area is 164 Å². The second-order valence-corrected chi connectivity index (χ2v) is 7.91. The van der Waals surface area contributed by atoms with Gasteiger partial charge in [-0.15, -0.1) is 0 Å². The number of anilines is 1. The van der Waals surface area contributed by atoms with E-state index in [1.807, 2.05) is 24.3 Å². The summed E-state index contributed by atoms with van der Waals surface area (Å²) in [6.07, 6.45) is 2.26. The van der Waals surface area contributed by atoms with Crippen molar-refractivity contribution in [3.63, 3.8) is 0 Å². The fourth-order valence-electron chi connectivity index (χ4n) is 4.57. The quantitative estimate of drug-likeness (QED) is 0.808. The van der Waals surface area contributed by atoms with Crippen molar-refractivity contribution in [2.24, 2.45) is 5.92 Å². The number of carbonyl (C=O) groups is 1. The Morgan fingerprint density at radius 3 is 2.96 bits per heavy atom. The molecule has 1 unspecified atom stereocenters. The van der Waals surface area contributed by atoms with Crippen LogP contribution in [-0.2, 0) is 22.7 Å². The number of hydrogen-bond acceptors (Lipinski definition) is 4. The zero-order chi connectivity index (χ0) is 19.1. The number of nitrogens with zero attached hydrogens (tertiary/aromatic N) is 1. The van der Waals surface area contributed by atoms with E-state index < -0.39 is 0 Å². The maximum atomic E-state index is 12.5. The summed E-state index contributed by atoms with van der Waals surface area (Å²) in [5.41, 5.74) is 5.77. The van der Waals surface area contributed by atoms with Crippen LogP contribution in [0.1, 0.15) is 35.1 Å². The van der Waals surface area contributed by atoms with Crippen LogP contribution in [0, 0.1) is 5.92 Å². The molecular weight excluding hydrogens is 352 g/mol. The van der Waals surface area contributed by atoms with Crippen LogP contribution in [0.15, 0.2) is 42.5 Å². The molecule has 1 atom stereocenters. The number of amides is 1. The maximum absolute atomic E-state index is 12.5. The van der Waals surface area contributed by atoms with E-state index in [9.17, 15) is 9.90 Å². The number of para-hydroxylation sites is 1. The molecule has 3 aliphatic rings. The highest BCUT2D eigenvalue weighted by molar-refractivity contribution is 6.36. The number of ether oxygens (including phenoxy) is 1. The Bertz CT molecular complexity index is 966. The van der Waals surface area contributed by atoms with Gasteiger partial charge in [0.15, 0.2) is 0 Å². The van der Waals surface area contributed by atoms with Crippen molar-refractivity contribution in [1.82, 2.24) is 4.90 Å². The van der Waals surface area contributed by atoms with E-state index in [2.05, 4.69) is 28.4 Å². The molecule has 2 aromatic rings. The fourth-order valence-corrected chi connectivity index (χ4v) is 4.57. The van der Waals surface area contributed by atoms with Gasteiger partial charge in [-0.3, -0.25) is 9.69 Å². The first-order valence-electron chi connectivity index (χ1n) is 9.96. The first kappa shape index (κ1) is 17.5. The Kier molecular flexibility index (Phi) is 4.41. The third-order valence-corrected chi connectivity index (χ3v) is 5.95. The summed E-state index contributed by atoms with van der Waals surface area (Å²) in [7, 11) is 0. The number of likely N-dealkylation sites (tertiary alicyclic amines) is 1. The van der Waals surface area contributed by atoms with Crippen molar-refractivity contribution >= 4 is 22.9 Å². The van der Waals surface area contributed by atoms with Crippen LogP contribution in [-0.4, -0.2) is 35.6 Å². The molecule has 0 aliphatic carbocycles. The Hall–Kier alpha value is -2.63. The summed E-state index contributed by atoms with van der Waals surface area (Å²) in [4.78, 5) is 15.0. The van der Waals surface area contributed by atoms with Gasteiger partial charge in [0, 0.05) is 42.1 Å². The molecule has 5 heteroatoms. The standard InChI is InChI=1S/C23H24N2O3/c26-13-16-4-3-9-25(12-16)11-15-7-8-18-17(10-15)14-28-22(18)21-19-5-1-2-6-20(19)24-23(21)27/h1-2,5-8,10,16,26H,3-4,9,11-14H2,(H,24,27). The molecule has 0 saturated carbocycles. The minimum atomic E-state index is -0.100. The number of rotatable bonds is 3. The lowest BCUT2D eigenvalue weighted by molar-refractivity contribution is -0.110. The summed E-state index contributed by atoms with van der Waals surface area (Å²) in [5.74, 6) is 0.975. The molecule has 2 aromatic carbocycles. The van der Waals surface area contributed by atoms with Gasteiger partial charge in [-0.1, -0.05) is 36.4 Å². The van der Waals surface area contributed by atoms with E-state index in [-0.39, 0.29) is 12.5 Å². The van der Waals surface area contributed by atoms with Gasteiger partial charge in [-0.05, 0) is 36.9 Å². The van der Waals surface area contributed by atoms with Crippen molar-refractivity contribution in [3.05, 3.63) is 64.7 Å². The van der Waals surface area contributed by atoms with Crippen LogP contribution in [0.3, 0.4) is 0 Å². The highest BCUT2D eigenvalue weighted by Crippen LogP contribution is 2.41. The monoisotopic (exact) mass is 376 g/mol. The molecule has 1 amide bonds. The van der Waals surface area contributed by atoms with Gasteiger partial charge in [0.25, 0.3) is 5.91 Å². The average Bonchev–Trinajstić information content (AvgIpc) is 3.27. The topological polar surface area (TPSA) is 61.8 Å². The summed E-state index contributed by atoms with van der Waals surface area (Å²) >= 11 is 0. The molecule has 3 aliphatic heterocycles. The van der Waals surface area contributed by atoms with Crippen molar-refractivity contribution in [1.29, 1.82) is 0 Å². The summed E-state index contributed by atoms with van der Waals surface area (Å²) < 4.78 is 5.99. The van der Waals surface area contributed by atoms with Crippen molar-refractivity contribution < 1.29 is 14.6 Å². The number of piperidine rings is 1. The van der Waals surface area contributed by atoms with Gasteiger partial charge in [-0.25, -0.2) is 0 Å². The van der Waals surface area contributed by atoms with Gasteiger partial charge in [0.1, 0.15) is 12.4 Å². The van der Waals surface area contributed by atoms with Crippen LogP contribution in [0.2, 0.25) is 0 Å². The number of aliphatic hydroxyl groups excluding tert-OH is 1. The smallest absolute Gasteiger partial charge is 0.260 e. The molecule has 2 N–H and O–H groups in total. The number of fused-ring (bicyclic) bond motifs is 2. The lowest BCUT2D eigenvalue weighted by atomic mass is 9.97. The van der Waals surface area contributed by atoms with Crippen LogP contribution < -0.4 is 5.32 Å². The van der Waals surface area contributed by atoms with Crippen LogP contribution in [0.5, 0.6) is 0 Å². The normalized spacial score (nSPS) is 23.9. The molecule has 0 bridgehead atoms. The fraction of sp³-hybridized carbons (Fsp3) is 0.348. The van der Waals surface area contributed by atoms with Gasteiger partial charge >= 0.3 is 0 Å². The molecular formula is C23H24N2O3. The van der Waals surface area contributed by atoms with E-state index in [1.165, 1.54) is 5.56 Å². The highest BCUT2D eigenvalue weighted by Gasteiger charge is 2.32. The highest BCUT2D eigenvalue weighted by atomic mass is 16.5. The Morgan fingerprint density at radius 1 is 1.18 bits per heavy atom. The SMILES string of the molecule is O=C1Nc2ccccc2C1=C1OCc2cc(CN3CCCC(CO)C3)ccc21. The van der Waals surface area contributed by atoms with Gasteiger partial charge in [0.05, 0.1) is 5.57 Å². The predicted octanol–water partition coefficient (Wildman–Crippen LogP) is 3.24. The summed E-state index contributed by atoms with van der Waals surface area (Å²) in [6.45, 7) is 3.69. The molecule has 1 saturated heterocycles. The minimum absolute atomic E-state index is 0.100. The third-order valence-electron chi connectivity index (χ3n) is 5.95. The molecule has 0 spiro atoms. The molecule has 144 valence electrons. The maximum Gasteiger partial charge on any atom is 0.260 e. The number of benzene rings is 2. The average molecular weight is 376 g/mol. The number of carbonyl (C=O) groups excluding carboxylic acids is 1. The van der Waals surface area contributed by atoms with Crippen molar-refractivity contribution in [3.8, 4) is 0 Å². The van der Waals surface area contributed by atoms with Crippen LogP contribution >= 0.6 is 0 Å². The number of nitrogens with one attached hydrogen (secondary N) is 1. The van der Waals surface area contributed by atoms with E-state index in [1.54, 1.807) is 0 Å². The molecule has 0 aromatic heterocycles. The van der Waals surface area contributed by atoms with Gasteiger partial charge in [0.2, 0.25) is 0 Å². The molecule has 0 radical (unpaired) electrons. The summed E-state index contributed by atoms with van der Waals surface area (Å²) in [5, 5.41) is 12.4. The van der Waals surface area contributed by atoms with Crippen LogP contribution in [0.25, 0.3) is 11.3 Å². The number of aliphatic hydroxyl groups is 1. The van der Waals surface area contributed by atoms with E-state index in [4.69, 9.17) is 4.74 Å². The molecule has 5 nitrogen and oxygen atoms in total. The van der Waals surface area contributed by atoms with Gasteiger partial charge < -0.3 is 15.2 Å². The second-order valence-electron chi connectivity index (χ2n) is 7.91. The Balaban J connectivity index is 1.43. The lowest BCUT2D eigenvalue weighted by Gasteiger charge is -2.31. The third kappa shape index (κ3) is 3.01.